The number of benzene rings is 2. The molecular formula is C17H16Br2N2O3. The largest absolute Gasteiger partial charge is 0.496 e. The molecule has 0 spiro atoms. The fraction of sp³-hybridized carbons (Fsp3) is 0.176. The van der Waals surface area contributed by atoms with E-state index in [0.717, 1.165) is 20.1 Å². The number of hydrazone groups is 1. The molecule has 0 unspecified atom stereocenters. The molecule has 0 atom stereocenters. The van der Waals surface area contributed by atoms with Gasteiger partial charge in [-0.1, -0.05) is 12.1 Å². The predicted octanol–water partition coefficient (Wildman–Crippen LogP) is 4.06. The van der Waals surface area contributed by atoms with Crippen LogP contribution in [0.4, 0.5) is 0 Å². The number of carbonyl (C=O) groups excluding carboxylic acids is 1. The second kappa shape index (κ2) is 8.84. The Bertz CT molecular complexity index is 740. The van der Waals surface area contributed by atoms with Crippen LogP contribution in [0.15, 0.2) is 50.4 Å². The molecule has 0 aromatic heterocycles. The Hall–Kier alpha value is -1.86. The highest BCUT2D eigenvalue weighted by Crippen LogP contribution is 2.34. The van der Waals surface area contributed by atoms with E-state index in [4.69, 9.17) is 9.47 Å². The summed E-state index contributed by atoms with van der Waals surface area (Å²) in [6, 6.07) is 11.2. The number of nitrogens with one attached hydrogen (secondary N) is 1. The molecule has 0 aliphatic carbocycles. The van der Waals surface area contributed by atoms with Crippen molar-refractivity contribution in [3.05, 3.63) is 56.5 Å². The molecule has 24 heavy (non-hydrogen) atoms. The lowest BCUT2D eigenvalue weighted by atomic mass is 10.2. The van der Waals surface area contributed by atoms with Crippen molar-refractivity contribution in [3.8, 4) is 11.5 Å². The van der Waals surface area contributed by atoms with Crippen LogP contribution in [0.25, 0.3) is 0 Å². The van der Waals surface area contributed by atoms with Crippen molar-refractivity contribution in [2.45, 2.75) is 6.92 Å². The van der Waals surface area contributed by atoms with Gasteiger partial charge < -0.3 is 9.47 Å². The van der Waals surface area contributed by atoms with E-state index in [1.807, 2.05) is 43.3 Å². The lowest BCUT2D eigenvalue weighted by Gasteiger charge is -2.10. The van der Waals surface area contributed by atoms with E-state index < -0.39 is 0 Å². The molecule has 0 heterocycles. The van der Waals surface area contributed by atoms with E-state index in [2.05, 4.69) is 42.4 Å². The molecule has 2 aromatic rings. The van der Waals surface area contributed by atoms with E-state index in [9.17, 15) is 4.79 Å². The summed E-state index contributed by atoms with van der Waals surface area (Å²) >= 11 is 6.83. The molecular weight excluding hydrogens is 440 g/mol. The van der Waals surface area contributed by atoms with E-state index >= 15 is 0 Å². The number of rotatable bonds is 6. The van der Waals surface area contributed by atoms with Gasteiger partial charge in [0.15, 0.2) is 6.61 Å². The van der Waals surface area contributed by atoms with Crippen molar-refractivity contribution in [2.24, 2.45) is 5.10 Å². The number of ether oxygens (including phenoxy) is 2. The smallest absolute Gasteiger partial charge is 0.277 e. The third kappa shape index (κ3) is 5.07. The van der Waals surface area contributed by atoms with Crippen molar-refractivity contribution in [2.75, 3.05) is 13.7 Å². The lowest BCUT2D eigenvalue weighted by Crippen LogP contribution is -2.24. The molecule has 2 rings (SSSR count). The van der Waals surface area contributed by atoms with Gasteiger partial charge in [0.05, 0.1) is 22.3 Å². The van der Waals surface area contributed by atoms with Gasteiger partial charge in [0, 0.05) is 5.56 Å². The van der Waals surface area contributed by atoms with Gasteiger partial charge in [-0.2, -0.15) is 5.10 Å². The van der Waals surface area contributed by atoms with Crippen molar-refractivity contribution < 1.29 is 14.3 Å². The quantitative estimate of drug-likeness (QED) is 0.527. The molecule has 0 bridgehead atoms. The number of carbonyl (C=O) groups is 1. The summed E-state index contributed by atoms with van der Waals surface area (Å²) in [6.07, 6.45) is 1.52. The Balaban J connectivity index is 1.91. The number of methoxy groups -OCH3 is 1. The molecule has 0 aliphatic rings. The first-order valence-corrected chi connectivity index (χ1v) is 8.63. The van der Waals surface area contributed by atoms with Gasteiger partial charge in [-0.05, 0) is 68.6 Å². The highest BCUT2D eigenvalue weighted by Gasteiger charge is 2.10. The highest BCUT2D eigenvalue weighted by atomic mass is 79.9. The molecule has 5 nitrogen and oxygen atoms in total. The number of hydrogen-bond acceptors (Lipinski definition) is 4. The minimum Gasteiger partial charge on any atom is -0.496 e. The average Bonchev–Trinajstić information content (AvgIpc) is 2.54. The van der Waals surface area contributed by atoms with Gasteiger partial charge >= 0.3 is 0 Å². The number of nitrogens with zero attached hydrogens (tertiary/aromatic N) is 1. The molecule has 0 saturated heterocycles. The Morgan fingerprint density at radius 3 is 2.58 bits per heavy atom. The number of amides is 1. The van der Waals surface area contributed by atoms with Crippen LogP contribution in [0, 0.1) is 6.92 Å². The molecule has 0 saturated carbocycles. The number of halogens is 2. The number of para-hydroxylation sites is 1. The zero-order valence-electron chi connectivity index (χ0n) is 13.2. The molecule has 1 amide bonds. The maximum atomic E-state index is 11.8. The SMILES string of the molecule is COc1ccccc1C=NNC(=O)COc1c(Br)cc(C)cc1Br. The average molecular weight is 456 g/mol. The summed E-state index contributed by atoms with van der Waals surface area (Å²) in [7, 11) is 1.58. The summed E-state index contributed by atoms with van der Waals surface area (Å²) in [6.45, 7) is 1.82. The standard InChI is InChI=1S/C17H16Br2N2O3/c1-11-7-13(18)17(14(19)8-11)24-10-16(22)21-20-9-12-5-3-4-6-15(12)23-2/h3-9H,10H2,1-2H3,(H,21,22). The zero-order valence-corrected chi connectivity index (χ0v) is 16.3. The molecule has 1 N–H and O–H groups in total. The van der Waals surface area contributed by atoms with Crippen LogP contribution in [0.5, 0.6) is 11.5 Å². The minimum absolute atomic E-state index is 0.149. The normalized spacial score (nSPS) is 10.7. The van der Waals surface area contributed by atoms with Crippen LogP contribution < -0.4 is 14.9 Å². The lowest BCUT2D eigenvalue weighted by molar-refractivity contribution is -0.123. The second-order valence-corrected chi connectivity index (χ2v) is 6.59. The van der Waals surface area contributed by atoms with Gasteiger partial charge in [-0.3, -0.25) is 4.79 Å². The monoisotopic (exact) mass is 454 g/mol. The van der Waals surface area contributed by atoms with Crippen LogP contribution in [0.1, 0.15) is 11.1 Å². The maximum absolute atomic E-state index is 11.8. The van der Waals surface area contributed by atoms with Crippen molar-refractivity contribution in [1.82, 2.24) is 5.43 Å². The summed E-state index contributed by atoms with van der Waals surface area (Å²) < 4.78 is 12.3. The summed E-state index contributed by atoms with van der Waals surface area (Å²) in [5.41, 5.74) is 4.27. The first-order chi connectivity index (χ1) is 11.5. The molecule has 7 heteroatoms. The van der Waals surface area contributed by atoms with Crippen LogP contribution in [-0.4, -0.2) is 25.8 Å². The van der Waals surface area contributed by atoms with Gasteiger partial charge in [0.25, 0.3) is 5.91 Å². The Kier molecular flexibility index (Phi) is 6.81. The Morgan fingerprint density at radius 1 is 1.25 bits per heavy atom. The van der Waals surface area contributed by atoms with Crippen molar-refractivity contribution >= 4 is 44.0 Å². The molecule has 0 aliphatic heterocycles. The van der Waals surface area contributed by atoms with Gasteiger partial charge in [0.2, 0.25) is 0 Å². The fourth-order valence-electron chi connectivity index (χ4n) is 1.94. The second-order valence-electron chi connectivity index (χ2n) is 4.88. The Labute approximate surface area is 157 Å². The van der Waals surface area contributed by atoms with Crippen LogP contribution >= 0.6 is 31.9 Å². The van der Waals surface area contributed by atoms with Crippen LogP contribution in [0.3, 0.4) is 0 Å². The topological polar surface area (TPSA) is 59.9 Å². The van der Waals surface area contributed by atoms with Crippen molar-refractivity contribution in [1.29, 1.82) is 0 Å². The van der Waals surface area contributed by atoms with Gasteiger partial charge in [-0.15, -0.1) is 0 Å². The number of hydrogen-bond donors (Lipinski definition) is 1. The third-order valence-corrected chi connectivity index (χ3v) is 4.20. The summed E-state index contributed by atoms with van der Waals surface area (Å²) in [5.74, 6) is 0.893. The van der Waals surface area contributed by atoms with Crippen LogP contribution in [0.2, 0.25) is 0 Å². The van der Waals surface area contributed by atoms with Gasteiger partial charge in [-0.25, -0.2) is 5.43 Å². The highest BCUT2D eigenvalue weighted by molar-refractivity contribution is 9.11. The van der Waals surface area contributed by atoms with Crippen molar-refractivity contribution in [3.63, 3.8) is 0 Å². The fourth-order valence-corrected chi connectivity index (χ4v) is 3.59. The van der Waals surface area contributed by atoms with Gasteiger partial charge in [0.1, 0.15) is 11.5 Å². The first kappa shape index (κ1) is 18.5. The molecule has 0 fully saturated rings. The maximum Gasteiger partial charge on any atom is 0.277 e. The molecule has 126 valence electrons. The van der Waals surface area contributed by atoms with E-state index in [1.54, 1.807) is 7.11 Å². The molecule has 0 radical (unpaired) electrons. The minimum atomic E-state index is -0.361. The van der Waals surface area contributed by atoms with E-state index in [-0.39, 0.29) is 12.5 Å². The first-order valence-electron chi connectivity index (χ1n) is 7.04. The summed E-state index contributed by atoms with van der Waals surface area (Å²) in [5, 5.41) is 3.91. The third-order valence-electron chi connectivity index (χ3n) is 3.02. The molecule has 2 aromatic carbocycles. The van der Waals surface area contributed by atoms with E-state index in [0.29, 0.717) is 11.5 Å². The number of aryl methyl sites for hydroxylation is 1. The van der Waals surface area contributed by atoms with Crippen LogP contribution in [-0.2, 0) is 4.79 Å². The van der Waals surface area contributed by atoms with E-state index in [1.165, 1.54) is 6.21 Å². The zero-order chi connectivity index (χ0) is 17.5. The summed E-state index contributed by atoms with van der Waals surface area (Å²) in [4.78, 5) is 11.8. The predicted molar refractivity (Wildman–Crippen MR) is 101 cm³/mol. The Morgan fingerprint density at radius 2 is 1.92 bits per heavy atom.